The van der Waals surface area contributed by atoms with Gasteiger partial charge in [-0.3, -0.25) is 14.2 Å². The van der Waals surface area contributed by atoms with Crippen molar-refractivity contribution in [2.45, 2.75) is 19.9 Å². The number of halogens is 1. The summed E-state index contributed by atoms with van der Waals surface area (Å²) in [6.45, 7) is 5.23. The lowest BCUT2D eigenvalue weighted by atomic mass is 10.0. The number of rotatable bonds is 8. The summed E-state index contributed by atoms with van der Waals surface area (Å²) in [6, 6.07) is 6.45. The summed E-state index contributed by atoms with van der Waals surface area (Å²) in [7, 11) is 3.24. The Morgan fingerprint density at radius 3 is 2.61 bits per heavy atom. The largest absolute Gasteiger partial charge is 0.476 e. The number of anilines is 2. The predicted octanol–water partition coefficient (Wildman–Crippen LogP) is 2.56. The van der Waals surface area contributed by atoms with Gasteiger partial charge in [0.25, 0.3) is 5.56 Å². The number of carboxylic acid groups (broad SMARTS) is 1. The van der Waals surface area contributed by atoms with E-state index in [9.17, 15) is 19.5 Å². The number of hydrogen-bond donors (Lipinski definition) is 3. The normalized spacial score (nSPS) is 20.8. The summed E-state index contributed by atoms with van der Waals surface area (Å²) >= 11 is 5.91. The molecule has 1 aromatic carbocycles. The Kier molecular flexibility index (Phi) is 6.74. The lowest BCUT2D eigenvalue weighted by molar-refractivity contribution is -0.124. The van der Waals surface area contributed by atoms with Crippen LogP contribution in [0.1, 0.15) is 34.6 Å². The standard InChI is InChI=1S/C26H29ClN6O5/c1-12-7-14(13(2)29-18-5-6-19(27)30-22(18)25(36)37)21-15(8-12)24(35)32(3)26(31-21)33-9-16-17(10-33)20(16)23(34)28-11-38-4/h5-8,13,16-17,20,29H,9-11H2,1-4H3,(H,28,34)(H,36,37). The molecule has 12 heteroatoms. The van der Waals surface area contributed by atoms with E-state index in [-0.39, 0.29) is 46.8 Å². The van der Waals surface area contributed by atoms with Crippen molar-refractivity contribution < 1.29 is 19.4 Å². The number of pyridine rings is 1. The molecule has 0 spiro atoms. The maximum atomic E-state index is 13.5. The van der Waals surface area contributed by atoms with E-state index in [4.69, 9.17) is 21.3 Å². The highest BCUT2D eigenvalue weighted by Gasteiger charge is 2.59. The van der Waals surface area contributed by atoms with Crippen LogP contribution in [0.25, 0.3) is 10.9 Å². The minimum absolute atomic E-state index is 0.00283. The molecular weight excluding hydrogens is 512 g/mol. The number of methoxy groups -OCH3 is 1. The van der Waals surface area contributed by atoms with Gasteiger partial charge in [0, 0.05) is 38.7 Å². The smallest absolute Gasteiger partial charge is 0.356 e. The van der Waals surface area contributed by atoms with E-state index < -0.39 is 12.0 Å². The van der Waals surface area contributed by atoms with Gasteiger partial charge in [-0.25, -0.2) is 14.8 Å². The van der Waals surface area contributed by atoms with E-state index in [1.54, 1.807) is 17.7 Å². The Hall–Kier alpha value is -3.70. The number of fused-ring (bicyclic) bond motifs is 2. The van der Waals surface area contributed by atoms with Crippen molar-refractivity contribution in [1.29, 1.82) is 0 Å². The molecule has 200 valence electrons. The van der Waals surface area contributed by atoms with E-state index in [2.05, 4.69) is 20.5 Å². The van der Waals surface area contributed by atoms with E-state index in [1.165, 1.54) is 13.2 Å². The SMILES string of the molecule is COCNC(=O)C1C2CN(c3nc4c(C(C)Nc5ccc(Cl)nc5C(=O)O)cc(C)cc4c(=O)n3C)CC21. The van der Waals surface area contributed by atoms with Crippen molar-refractivity contribution in [1.82, 2.24) is 19.9 Å². The molecule has 0 radical (unpaired) electrons. The van der Waals surface area contributed by atoms with E-state index >= 15 is 0 Å². The molecule has 1 amide bonds. The maximum absolute atomic E-state index is 13.5. The Morgan fingerprint density at radius 1 is 1.24 bits per heavy atom. The Labute approximate surface area is 223 Å². The van der Waals surface area contributed by atoms with Crippen molar-refractivity contribution in [3.63, 3.8) is 0 Å². The van der Waals surface area contributed by atoms with Crippen LogP contribution < -0.4 is 21.1 Å². The van der Waals surface area contributed by atoms with Crippen LogP contribution in [-0.4, -0.2) is 58.4 Å². The van der Waals surface area contributed by atoms with Crippen LogP contribution in [0, 0.1) is 24.7 Å². The summed E-state index contributed by atoms with van der Waals surface area (Å²) in [5.41, 5.74) is 2.13. The average Bonchev–Trinajstić information content (AvgIpc) is 3.38. The summed E-state index contributed by atoms with van der Waals surface area (Å²) in [5.74, 6) is -0.279. The molecule has 1 saturated carbocycles. The van der Waals surface area contributed by atoms with Gasteiger partial charge < -0.3 is 25.4 Å². The van der Waals surface area contributed by atoms with Gasteiger partial charge in [0.2, 0.25) is 11.9 Å². The number of carbonyl (C=O) groups is 2. The number of hydrogen-bond acceptors (Lipinski definition) is 8. The Bertz CT molecular complexity index is 1500. The van der Waals surface area contributed by atoms with Gasteiger partial charge in [0.1, 0.15) is 11.9 Å². The van der Waals surface area contributed by atoms with Gasteiger partial charge in [0.05, 0.1) is 22.6 Å². The second kappa shape index (κ2) is 9.88. The van der Waals surface area contributed by atoms with Crippen molar-refractivity contribution >= 4 is 46.0 Å². The molecule has 2 fully saturated rings. The first-order valence-corrected chi connectivity index (χ1v) is 12.7. The fourth-order valence-electron chi connectivity index (χ4n) is 5.52. The molecule has 3 heterocycles. The zero-order chi connectivity index (χ0) is 27.3. The fraction of sp³-hybridized carbons (Fsp3) is 0.423. The van der Waals surface area contributed by atoms with Crippen LogP contribution in [0.3, 0.4) is 0 Å². The van der Waals surface area contributed by atoms with Gasteiger partial charge in [-0.05, 0) is 49.4 Å². The van der Waals surface area contributed by atoms with Gasteiger partial charge in [0.15, 0.2) is 5.69 Å². The number of amides is 1. The fourth-order valence-corrected chi connectivity index (χ4v) is 5.67. The number of aromatic nitrogens is 3. The summed E-state index contributed by atoms with van der Waals surface area (Å²) in [4.78, 5) is 48.5. The Morgan fingerprint density at radius 2 is 1.95 bits per heavy atom. The molecule has 3 aromatic rings. The third-order valence-corrected chi connectivity index (χ3v) is 7.61. The number of aryl methyl sites for hydroxylation is 1. The van der Waals surface area contributed by atoms with Crippen LogP contribution >= 0.6 is 11.6 Å². The molecule has 5 rings (SSSR count). The molecule has 11 nitrogen and oxygen atoms in total. The summed E-state index contributed by atoms with van der Waals surface area (Å²) in [5, 5.41) is 16.1. The molecule has 1 aliphatic heterocycles. The van der Waals surface area contributed by atoms with Crippen LogP contribution in [0.5, 0.6) is 0 Å². The van der Waals surface area contributed by atoms with Gasteiger partial charge in [-0.15, -0.1) is 0 Å². The molecule has 38 heavy (non-hydrogen) atoms. The number of nitrogens with one attached hydrogen (secondary N) is 2. The molecule has 1 aliphatic carbocycles. The van der Waals surface area contributed by atoms with Crippen LogP contribution in [0.4, 0.5) is 11.6 Å². The lowest BCUT2D eigenvalue weighted by Crippen LogP contribution is -2.35. The first-order chi connectivity index (χ1) is 18.1. The second-order valence-corrected chi connectivity index (χ2v) is 10.3. The molecule has 1 saturated heterocycles. The third kappa shape index (κ3) is 4.56. The lowest BCUT2D eigenvalue weighted by Gasteiger charge is -2.25. The molecule has 0 bridgehead atoms. The van der Waals surface area contributed by atoms with Gasteiger partial charge in [-0.2, -0.15) is 0 Å². The van der Waals surface area contributed by atoms with Crippen molar-refractivity contribution in [3.8, 4) is 0 Å². The number of piperidine rings is 1. The van der Waals surface area contributed by atoms with Crippen molar-refractivity contribution in [2.75, 3.05) is 37.1 Å². The van der Waals surface area contributed by atoms with Gasteiger partial charge >= 0.3 is 5.97 Å². The zero-order valence-corrected chi connectivity index (χ0v) is 22.2. The quantitative estimate of drug-likeness (QED) is 0.290. The third-order valence-electron chi connectivity index (χ3n) is 7.40. The molecule has 2 aliphatic rings. The van der Waals surface area contributed by atoms with Crippen LogP contribution in [0.15, 0.2) is 29.1 Å². The topological polar surface area (TPSA) is 139 Å². The molecule has 3 atom stereocenters. The number of ether oxygens (including phenoxy) is 1. The zero-order valence-electron chi connectivity index (χ0n) is 21.5. The number of benzene rings is 1. The number of carboxylic acids is 1. The minimum atomic E-state index is -1.20. The summed E-state index contributed by atoms with van der Waals surface area (Å²) in [6.07, 6.45) is 0. The first kappa shape index (κ1) is 25.9. The highest BCUT2D eigenvalue weighted by molar-refractivity contribution is 6.29. The van der Waals surface area contributed by atoms with Crippen molar-refractivity contribution in [3.05, 3.63) is 56.6 Å². The predicted molar refractivity (Wildman–Crippen MR) is 143 cm³/mol. The average molecular weight is 541 g/mol. The maximum Gasteiger partial charge on any atom is 0.356 e. The number of aromatic carboxylic acids is 1. The van der Waals surface area contributed by atoms with Crippen molar-refractivity contribution in [2.24, 2.45) is 24.8 Å². The summed E-state index contributed by atoms with van der Waals surface area (Å²) < 4.78 is 6.49. The highest BCUT2D eigenvalue weighted by Crippen LogP contribution is 2.52. The van der Waals surface area contributed by atoms with E-state index in [0.29, 0.717) is 35.6 Å². The molecule has 3 unspecified atom stereocenters. The van der Waals surface area contributed by atoms with E-state index in [1.807, 2.05) is 26.0 Å². The van der Waals surface area contributed by atoms with Gasteiger partial charge in [-0.1, -0.05) is 17.7 Å². The Balaban J connectivity index is 1.47. The monoisotopic (exact) mass is 540 g/mol. The van der Waals surface area contributed by atoms with Crippen LogP contribution in [0.2, 0.25) is 5.15 Å². The number of carbonyl (C=O) groups excluding carboxylic acids is 1. The highest BCUT2D eigenvalue weighted by atomic mass is 35.5. The number of nitrogens with zero attached hydrogens (tertiary/aromatic N) is 4. The molecule has 2 aromatic heterocycles. The minimum Gasteiger partial charge on any atom is -0.476 e. The molecular formula is C26H29ClN6O5. The van der Waals surface area contributed by atoms with E-state index in [0.717, 1.165) is 11.1 Å². The van der Waals surface area contributed by atoms with Crippen LogP contribution in [-0.2, 0) is 16.6 Å². The first-order valence-electron chi connectivity index (χ1n) is 12.3. The molecule has 3 N–H and O–H groups in total. The second-order valence-electron chi connectivity index (χ2n) is 9.96.